The van der Waals surface area contributed by atoms with Gasteiger partial charge in [-0.3, -0.25) is 4.79 Å². The third kappa shape index (κ3) is 4.40. The van der Waals surface area contributed by atoms with Gasteiger partial charge < -0.3 is 15.3 Å². The largest absolute Gasteiger partial charge is 0.481 e. The van der Waals surface area contributed by atoms with Crippen molar-refractivity contribution in [3.63, 3.8) is 0 Å². The highest BCUT2D eigenvalue weighted by atomic mass is 19.2. The molecule has 116 valence electrons. The number of benzene rings is 1. The molecule has 2 unspecified atom stereocenters. The number of carboxylic acids is 1. The first-order chi connectivity index (χ1) is 9.73. The first-order valence-electron chi connectivity index (χ1n) is 6.42. The molecule has 1 aromatic carbocycles. The fraction of sp³-hybridized carbons (Fsp3) is 0.429. The summed E-state index contributed by atoms with van der Waals surface area (Å²) >= 11 is 0. The molecule has 0 aliphatic heterocycles. The molecule has 1 rings (SSSR count). The maximum Gasteiger partial charge on any atom is 0.317 e. The van der Waals surface area contributed by atoms with Gasteiger partial charge in [0.25, 0.3) is 0 Å². The van der Waals surface area contributed by atoms with Crippen molar-refractivity contribution in [1.29, 1.82) is 0 Å². The van der Waals surface area contributed by atoms with E-state index in [4.69, 9.17) is 5.11 Å². The Balaban J connectivity index is 2.69. The van der Waals surface area contributed by atoms with Crippen LogP contribution in [0, 0.1) is 17.6 Å². The average molecular weight is 300 g/mol. The number of nitrogens with zero attached hydrogens (tertiary/aromatic N) is 1. The zero-order valence-electron chi connectivity index (χ0n) is 12.1. The van der Waals surface area contributed by atoms with Gasteiger partial charge in [0.1, 0.15) is 0 Å². The summed E-state index contributed by atoms with van der Waals surface area (Å²) in [5, 5.41) is 11.3. The Kier molecular flexibility index (Phi) is 5.63. The van der Waals surface area contributed by atoms with Crippen LogP contribution in [0.15, 0.2) is 18.2 Å². The molecule has 0 bridgehead atoms. The van der Waals surface area contributed by atoms with Crippen LogP contribution in [-0.4, -0.2) is 35.6 Å². The molecule has 0 fully saturated rings. The van der Waals surface area contributed by atoms with Crippen LogP contribution in [-0.2, 0) is 4.79 Å². The summed E-state index contributed by atoms with van der Waals surface area (Å²) in [5.41, 5.74) is 0.0306. The van der Waals surface area contributed by atoms with Crippen molar-refractivity contribution in [2.75, 3.05) is 13.6 Å². The molecule has 0 radical (unpaired) electrons. The van der Waals surface area contributed by atoms with Gasteiger partial charge in [0.15, 0.2) is 11.6 Å². The summed E-state index contributed by atoms with van der Waals surface area (Å²) in [6.45, 7) is 3.01. The van der Waals surface area contributed by atoms with Crippen molar-refractivity contribution in [3.8, 4) is 0 Å². The lowest BCUT2D eigenvalue weighted by Crippen LogP contribution is -2.41. The third-order valence-electron chi connectivity index (χ3n) is 3.10. The van der Waals surface area contributed by atoms with Crippen LogP contribution in [0.2, 0.25) is 0 Å². The van der Waals surface area contributed by atoms with Crippen molar-refractivity contribution in [3.05, 3.63) is 35.4 Å². The summed E-state index contributed by atoms with van der Waals surface area (Å²) in [7, 11) is 1.43. The number of hydrogen-bond acceptors (Lipinski definition) is 2. The van der Waals surface area contributed by atoms with Crippen LogP contribution in [0.5, 0.6) is 0 Å². The van der Waals surface area contributed by atoms with Gasteiger partial charge in [-0.15, -0.1) is 0 Å². The van der Waals surface area contributed by atoms with Gasteiger partial charge in [-0.25, -0.2) is 13.6 Å². The lowest BCUT2D eigenvalue weighted by Gasteiger charge is -2.23. The second kappa shape index (κ2) is 7.01. The van der Waals surface area contributed by atoms with E-state index < -0.39 is 35.6 Å². The molecule has 0 spiro atoms. The maximum absolute atomic E-state index is 13.6. The van der Waals surface area contributed by atoms with E-state index in [2.05, 4.69) is 5.32 Å². The Labute approximate surface area is 121 Å². The Morgan fingerprint density at radius 1 is 1.33 bits per heavy atom. The SMILES string of the molecule is CC(CN(C)C(=O)NC(C)c1cccc(F)c1F)C(=O)O. The minimum absolute atomic E-state index is 0.0134. The van der Waals surface area contributed by atoms with Gasteiger partial charge >= 0.3 is 12.0 Å². The fourth-order valence-corrected chi connectivity index (χ4v) is 1.80. The van der Waals surface area contributed by atoms with Crippen LogP contribution in [0.4, 0.5) is 13.6 Å². The monoisotopic (exact) mass is 300 g/mol. The number of halogens is 2. The Morgan fingerprint density at radius 2 is 1.95 bits per heavy atom. The predicted molar refractivity (Wildman–Crippen MR) is 72.7 cm³/mol. The van der Waals surface area contributed by atoms with E-state index >= 15 is 0 Å². The van der Waals surface area contributed by atoms with Gasteiger partial charge in [0.2, 0.25) is 0 Å². The van der Waals surface area contributed by atoms with Crippen molar-refractivity contribution < 1.29 is 23.5 Å². The van der Waals surface area contributed by atoms with Crippen molar-refractivity contribution in [1.82, 2.24) is 10.2 Å². The molecular weight excluding hydrogens is 282 g/mol. The molecule has 2 atom stereocenters. The normalized spacial score (nSPS) is 13.4. The quantitative estimate of drug-likeness (QED) is 0.877. The van der Waals surface area contributed by atoms with E-state index in [9.17, 15) is 18.4 Å². The molecule has 0 aliphatic carbocycles. The summed E-state index contributed by atoms with van der Waals surface area (Å²) in [5.74, 6) is -3.73. The number of carbonyl (C=O) groups excluding carboxylic acids is 1. The number of hydrogen-bond donors (Lipinski definition) is 2. The minimum Gasteiger partial charge on any atom is -0.481 e. The van der Waals surface area contributed by atoms with Gasteiger partial charge in [-0.1, -0.05) is 19.1 Å². The Morgan fingerprint density at radius 3 is 2.52 bits per heavy atom. The van der Waals surface area contributed by atoms with E-state index in [-0.39, 0.29) is 12.1 Å². The highest BCUT2D eigenvalue weighted by Gasteiger charge is 2.20. The van der Waals surface area contributed by atoms with Gasteiger partial charge in [-0.2, -0.15) is 0 Å². The molecule has 21 heavy (non-hydrogen) atoms. The summed E-state index contributed by atoms with van der Waals surface area (Å²) < 4.78 is 26.7. The molecule has 0 saturated carbocycles. The summed E-state index contributed by atoms with van der Waals surface area (Å²) in [6.07, 6.45) is 0. The molecule has 7 heteroatoms. The molecular formula is C14H18F2N2O3. The van der Waals surface area contributed by atoms with Crippen molar-refractivity contribution >= 4 is 12.0 Å². The lowest BCUT2D eigenvalue weighted by molar-refractivity contribution is -0.141. The zero-order chi connectivity index (χ0) is 16.2. The number of carboxylic acid groups (broad SMARTS) is 1. The first kappa shape index (κ1) is 16.9. The number of aliphatic carboxylic acids is 1. The van der Waals surface area contributed by atoms with E-state index in [1.54, 1.807) is 0 Å². The van der Waals surface area contributed by atoms with Crippen LogP contribution in [0.1, 0.15) is 25.5 Å². The van der Waals surface area contributed by atoms with Gasteiger partial charge in [0, 0.05) is 19.2 Å². The second-order valence-corrected chi connectivity index (χ2v) is 4.93. The van der Waals surface area contributed by atoms with E-state index in [1.807, 2.05) is 0 Å². The highest BCUT2D eigenvalue weighted by molar-refractivity contribution is 5.76. The van der Waals surface area contributed by atoms with Crippen LogP contribution in [0.25, 0.3) is 0 Å². The molecule has 0 aliphatic rings. The van der Waals surface area contributed by atoms with Crippen molar-refractivity contribution in [2.24, 2.45) is 5.92 Å². The summed E-state index contributed by atoms with van der Waals surface area (Å²) in [6, 6.07) is 2.43. The first-order valence-corrected chi connectivity index (χ1v) is 6.42. The molecule has 2 N–H and O–H groups in total. The number of nitrogens with one attached hydrogen (secondary N) is 1. The third-order valence-corrected chi connectivity index (χ3v) is 3.10. The highest BCUT2D eigenvalue weighted by Crippen LogP contribution is 2.19. The number of amides is 2. The second-order valence-electron chi connectivity index (χ2n) is 4.93. The van der Waals surface area contributed by atoms with E-state index in [1.165, 1.54) is 37.9 Å². The van der Waals surface area contributed by atoms with Crippen molar-refractivity contribution in [2.45, 2.75) is 19.9 Å². The smallest absolute Gasteiger partial charge is 0.317 e. The number of urea groups is 1. The van der Waals surface area contributed by atoms with E-state index in [0.717, 1.165) is 6.07 Å². The Bertz CT molecular complexity index is 537. The van der Waals surface area contributed by atoms with Crippen LogP contribution in [0.3, 0.4) is 0 Å². The average Bonchev–Trinajstić information content (AvgIpc) is 2.41. The van der Waals surface area contributed by atoms with Gasteiger partial charge in [-0.05, 0) is 13.0 Å². The van der Waals surface area contributed by atoms with Gasteiger partial charge in [0.05, 0.1) is 12.0 Å². The predicted octanol–water partition coefficient (Wildman–Crippen LogP) is 2.39. The zero-order valence-corrected chi connectivity index (χ0v) is 12.1. The molecule has 1 aromatic rings. The number of carbonyl (C=O) groups is 2. The maximum atomic E-state index is 13.6. The molecule has 0 aromatic heterocycles. The fourth-order valence-electron chi connectivity index (χ4n) is 1.80. The van der Waals surface area contributed by atoms with E-state index in [0.29, 0.717) is 0 Å². The number of rotatable bonds is 5. The Hall–Kier alpha value is -2.18. The molecule has 5 nitrogen and oxygen atoms in total. The summed E-state index contributed by atoms with van der Waals surface area (Å²) in [4.78, 5) is 23.8. The minimum atomic E-state index is -1.01. The van der Waals surface area contributed by atoms with Crippen LogP contribution < -0.4 is 5.32 Å². The topological polar surface area (TPSA) is 69.6 Å². The standard InChI is InChI=1S/C14H18F2N2O3/c1-8(13(19)20)7-18(3)14(21)17-9(2)10-5-4-6-11(15)12(10)16/h4-6,8-9H,7H2,1-3H3,(H,17,21)(H,19,20). The molecule has 0 saturated heterocycles. The lowest BCUT2D eigenvalue weighted by atomic mass is 10.1. The molecule has 0 heterocycles. The van der Waals surface area contributed by atoms with Crippen LogP contribution >= 0.6 is 0 Å². The molecule has 2 amide bonds.